The minimum atomic E-state index is 0.0248. The lowest BCUT2D eigenvalue weighted by atomic mass is 9.48. The smallest absolute Gasteiger partial charge is 0.310 e. The van der Waals surface area contributed by atoms with Gasteiger partial charge in [0, 0.05) is 17.5 Å². The van der Waals surface area contributed by atoms with E-state index in [0.29, 0.717) is 24.6 Å². The van der Waals surface area contributed by atoms with Crippen LogP contribution in [0.3, 0.4) is 0 Å². The zero-order valence-corrected chi connectivity index (χ0v) is 15.1. The van der Waals surface area contributed by atoms with Gasteiger partial charge in [-0.05, 0) is 56.7 Å². The molecule has 0 spiro atoms. The summed E-state index contributed by atoms with van der Waals surface area (Å²) in [6, 6.07) is 9.97. The van der Waals surface area contributed by atoms with E-state index in [4.69, 9.17) is 4.74 Å². The first kappa shape index (κ1) is 16.1. The second kappa shape index (κ2) is 5.87. The highest BCUT2D eigenvalue weighted by atomic mass is 16.5. The van der Waals surface area contributed by atoms with Crippen molar-refractivity contribution in [3.8, 4) is 0 Å². The number of esters is 1. The Morgan fingerprint density at radius 1 is 1.29 bits per heavy atom. The van der Waals surface area contributed by atoms with Gasteiger partial charge >= 0.3 is 5.97 Å². The molecule has 3 unspecified atom stereocenters. The first-order valence-electron chi connectivity index (χ1n) is 9.59. The van der Waals surface area contributed by atoms with Gasteiger partial charge in [0.05, 0.1) is 12.5 Å². The predicted molar refractivity (Wildman–Crippen MR) is 94.9 cm³/mol. The summed E-state index contributed by atoms with van der Waals surface area (Å²) in [7, 11) is 2.23. The largest absolute Gasteiger partial charge is 0.466 e. The zero-order valence-electron chi connectivity index (χ0n) is 15.1. The third-order valence-electron chi connectivity index (χ3n) is 7.03. The Hall–Kier alpha value is -1.35. The fraction of sp³-hybridized carbons (Fsp3) is 0.667. The van der Waals surface area contributed by atoms with Crippen LogP contribution in [0.25, 0.3) is 0 Å². The Morgan fingerprint density at radius 2 is 2.08 bits per heavy atom. The lowest BCUT2D eigenvalue weighted by Crippen LogP contribution is -2.69. The maximum absolute atomic E-state index is 12.5. The summed E-state index contributed by atoms with van der Waals surface area (Å²) >= 11 is 0. The number of carbonyl (C=O) groups is 1. The summed E-state index contributed by atoms with van der Waals surface area (Å²) in [6.07, 6.45) is 5.70. The van der Waals surface area contributed by atoms with Crippen LogP contribution in [0, 0.1) is 11.8 Å². The minimum absolute atomic E-state index is 0.0248. The van der Waals surface area contributed by atoms with Crippen molar-refractivity contribution < 1.29 is 9.53 Å². The van der Waals surface area contributed by atoms with Crippen LogP contribution in [0.2, 0.25) is 0 Å². The van der Waals surface area contributed by atoms with Gasteiger partial charge in [0.2, 0.25) is 0 Å². The van der Waals surface area contributed by atoms with Crippen molar-refractivity contribution in [1.82, 2.24) is 4.90 Å². The van der Waals surface area contributed by atoms with Gasteiger partial charge in [0.25, 0.3) is 0 Å². The molecule has 0 N–H and O–H groups in total. The Bertz CT molecular complexity index is 642. The summed E-state index contributed by atoms with van der Waals surface area (Å²) in [5, 5.41) is 0. The number of nitrogens with zero attached hydrogens (tertiary/aromatic N) is 1. The number of piperidine rings is 2. The monoisotopic (exact) mass is 327 g/mol. The molecule has 24 heavy (non-hydrogen) atoms. The second-order valence-corrected chi connectivity index (χ2v) is 7.97. The van der Waals surface area contributed by atoms with E-state index in [9.17, 15) is 4.79 Å². The van der Waals surface area contributed by atoms with E-state index in [1.54, 1.807) is 5.56 Å². The second-order valence-electron chi connectivity index (χ2n) is 7.97. The average molecular weight is 327 g/mol. The van der Waals surface area contributed by atoms with Crippen molar-refractivity contribution >= 4 is 5.97 Å². The third-order valence-corrected chi connectivity index (χ3v) is 7.03. The molecule has 2 saturated heterocycles. The number of hydrogen-bond acceptors (Lipinski definition) is 3. The lowest BCUT2D eigenvalue weighted by Gasteiger charge is -2.64. The molecule has 2 aliphatic carbocycles. The Morgan fingerprint density at radius 3 is 2.83 bits per heavy atom. The first-order valence-corrected chi connectivity index (χ1v) is 9.59. The molecule has 4 aliphatic rings. The van der Waals surface area contributed by atoms with E-state index in [1.165, 1.54) is 18.4 Å². The molecule has 1 aromatic carbocycles. The molecule has 3 heteroatoms. The quantitative estimate of drug-likeness (QED) is 0.792. The molecule has 130 valence electrons. The Labute approximate surface area is 145 Å². The van der Waals surface area contributed by atoms with E-state index in [1.807, 2.05) is 6.92 Å². The van der Waals surface area contributed by atoms with Crippen molar-refractivity contribution in [3.63, 3.8) is 0 Å². The van der Waals surface area contributed by atoms with Crippen LogP contribution in [0.15, 0.2) is 24.3 Å². The van der Waals surface area contributed by atoms with Gasteiger partial charge in [-0.1, -0.05) is 37.6 Å². The van der Waals surface area contributed by atoms with Crippen LogP contribution >= 0.6 is 0 Å². The van der Waals surface area contributed by atoms with Crippen molar-refractivity contribution in [3.05, 3.63) is 35.4 Å². The molecule has 0 amide bonds. The summed E-state index contributed by atoms with van der Waals surface area (Å²) in [6.45, 7) is 4.70. The molecule has 5 rings (SSSR count). The van der Waals surface area contributed by atoms with Crippen LogP contribution in [0.4, 0.5) is 0 Å². The molecule has 5 atom stereocenters. The fourth-order valence-electron chi connectivity index (χ4n) is 6.18. The first-order chi connectivity index (χ1) is 11.6. The van der Waals surface area contributed by atoms with Crippen LogP contribution in [-0.2, 0) is 21.4 Å². The Balaban J connectivity index is 1.77. The molecular weight excluding hydrogens is 298 g/mol. The van der Waals surface area contributed by atoms with E-state index >= 15 is 0 Å². The average Bonchev–Trinajstić information content (AvgIpc) is 2.59. The van der Waals surface area contributed by atoms with Gasteiger partial charge in [-0.2, -0.15) is 0 Å². The van der Waals surface area contributed by atoms with E-state index in [0.717, 1.165) is 19.3 Å². The van der Waals surface area contributed by atoms with E-state index in [-0.39, 0.29) is 17.3 Å². The summed E-state index contributed by atoms with van der Waals surface area (Å²) in [5.74, 6) is 0.667. The normalized spacial score (nSPS) is 37.1. The van der Waals surface area contributed by atoms with Crippen LogP contribution in [0.5, 0.6) is 0 Å². The van der Waals surface area contributed by atoms with Gasteiger partial charge in [-0.15, -0.1) is 0 Å². The van der Waals surface area contributed by atoms with Crippen molar-refractivity contribution in [2.75, 3.05) is 13.7 Å². The van der Waals surface area contributed by atoms with Crippen molar-refractivity contribution in [2.24, 2.45) is 11.8 Å². The van der Waals surface area contributed by atoms with E-state index in [2.05, 4.69) is 43.1 Å². The lowest BCUT2D eigenvalue weighted by molar-refractivity contribution is -0.165. The van der Waals surface area contributed by atoms with Gasteiger partial charge in [0.15, 0.2) is 0 Å². The maximum atomic E-state index is 12.5. The standard InChI is InChI=1S/C21H29NO2/c1-4-10-21-13-19-15(20(23)24-5-2)12-17(21)18(22(19)3)11-14-8-6-7-9-16(14)21/h6-9,15,17-19H,4-5,10-13H2,1-3H3/t15-,17?,18?,19?,21+/m0/s1. The van der Waals surface area contributed by atoms with Crippen LogP contribution < -0.4 is 0 Å². The number of benzene rings is 1. The maximum Gasteiger partial charge on any atom is 0.310 e. The van der Waals surface area contributed by atoms with Gasteiger partial charge in [-0.3, -0.25) is 9.69 Å². The number of hydrogen-bond donors (Lipinski definition) is 0. The van der Waals surface area contributed by atoms with Crippen LogP contribution in [-0.4, -0.2) is 36.6 Å². The minimum Gasteiger partial charge on any atom is -0.466 e. The molecule has 2 aliphatic heterocycles. The van der Waals surface area contributed by atoms with Crippen molar-refractivity contribution in [2.45, 2.75) is 63.5 Å². The number of likely N-dealkylation sites (N-methyl/N-ethyl adjacent to an activating group) is 1. The third kappa shape index (κ3) is 2.10. The predicted octanol–water partition coefficient (Wildman–Crippen LogP) is 3.55. The molecule has 1 saturated carbocycles. The highest BCUT2D eigenvalue weighted by Gasteiger charge is 2.61. The van der Waals surface area contributed by atoms with Crippen LogP contribution in [0.1, 0.15) is 50.7 Å². The highest BCUT2D eigenvalue weighted by Crippen LogP contribution is 2.59. The molecule has 3 nitrogen and oxygen atoms in total. The van der Waals surface area contributed by atoms with Crippen molar-refractivity contribution in [1.29, 1.82) is 0 Å². The SMILES string of the molecule is CCC[C@]12CC3[C@@H](C(=O)OCC)CC1C(Cc1ccccc12)N3C. The van der Waals surface area contributed by atoms with E-state index < -0.39 is 0 Å². The molecule has 1 aromatic rings. The number of rotatable bonds is 4. The summed E-state index contributed by atoms with van der Waals surface area (Å²) < 4.78 is 5.40. The number of fused-ring (bicyclic) bond motifs is 2. The molecule has 2 heterocycles. The molecule has 0 radical (unpaired) electrons. The molecule has 3 fully saturated rings. The topological polar surface area (TPSA) is 29.5 Å². The van der Waals surface area contributed by atoms with Gasteiger partial charge in [0.1, 0.15) is 0 Å². The molecule has 0 aromatic heterocycles. The molecular formula is C21H29NO2. The Kier molecular flexibility index (Phi) is 3.95. The zero-order chi connectivity index (χ0) is 16.9. The van der Waals surface area contributed by atoms with Gasteiger partial charge < -0.3 is 4.74 Å². The summed E-state index contributed by atoms with van der Waals surface area (Å²) in [5.41, 5.74) is 3.38. The highest BCUT2D eigenvalue weighted by molar-refractivity contribution is 5.74. The number of ether oxygens (including phenoxy) is 1. The summed E-state index contributed by atoms with van der Waals surface area (Å²) in [4.78, 5) is 15.0. The number of carbonyl (C=O) groups excluding carboxylic acids is 1. The molecule has 4 bridgehead atoms. The van der Waals surface area contributed by atoms with Gasteiger partial charge in [-0.25, -0.2) is 0 Å². The fourth-order valence-corrected chi connectivity index (χ4v) is 6.18.